The predicted octanol–water partition coefficient (Wildman–Crippen LogP) is 4.03. The van der Waals surface area contributed by atoms with E-state index in [0.717, 1.165) is 11.4 Å². The van der Waals surface area contributed by atoms with Crippen LogP contribution in [0.2, 0.25) is 0 Å². The fourth-order valence-electron chi connectivity index (χ4n) is 3.47. The third kappa shape index (κ3) is 5.63. The Bertz CT molecular complexity index is 1210. The van der Waals surface area contributed by atoms with Crippen LogP contribution in [0.5, 0.6) is 0 Å². The normalized spacial score (nSPS) is 11.7. The van der Waals surface area contributed by atoms with E-state index in [2.05, 4.69) is 15.5 Å². The van der Waals surface area contributed by atoms with Crippen LogP contribution in [0, 0.1) is 6.92 Å². The van der Waals surface area contributed by atoms with Crippen molar-refractivity contribution in [3.63, 3.8) is 0 Å². The Kier molecular flexibility index (Phi) is 8.28. The molecule has 0 atom stereocenters. The number of rotatable bonds is 10. The Morgan fingerprint density at radius 2 is 1.76 bits per heavy atom. The van der Waals surface area contributed by atoms with E-state index in [4.69, 9.17) is 0 Å². The smallest absolute Gasteiger partial charge is 0.243 e. The molecule has 33 heavy (non-hydrogen) atoms. The van der Waals surface area contributed by atoms with Crippen LogP contribution in [0.4, 0.5) is 5.69 Å². The summed E-state index contributed by atoms with van der Waals surface area (Å²) in [5, 5.41) is 12.0. The lowest BCUT2D eigenvalue weighted by Crippen LogP contribution is -2.31. The molecule has 0 aliphatic carbocycles. The Labute approximate surface area is 199 Å². The summed E-state index contributed by atoms with van der Waals surface area (Å²) in [6.07, 6.45) is 0. The number of aromatic nitrogens is 3. The maximum Gasteiger partial charge on any atom is 0.243 e. The van der Waals surface area contributed by atoms with Crippen molar-refractivity contribution in [1.82, 2.24) is 19.1 Å². The van der Waals surface area contributed by atoms with Gasteiger partial charge >= 0.3 is 0 Å². The summed E-state index contributed by atoms with van der Waals surface area (Å²) in [6.45, 7) is 8.80. The van der Waals surface area contributed by atoms with E-state index in [9.17, 15) is 13.2 Å². The molecule has 0 aliphatic heterocycles. The Hall–Kier alpha value is -2.69. The Morgan fingerprint density at radius 1 is 1.06 bits per heavy atom. The van der Waals surface area contributed by atoms with E-state index in [-0.39, 0.29) is 16.6 Å². The lowest BCUT2D eigenvalue weighted by atomic mass is 10.2. The van der Waals surface area contributed by atoms with Gasteiger partial charge in [0.25, 0.3) is 0 Å². The average molecular weight is 488 g/mol. The summed E-state index contributed by atoms with van der Waals surface area (Å²) < 4.78 is 29.3. The predicted molar refractivity (Wildman–Crippen MR) is 132 cm³/mol. The molecule has 3 rings (SSSR count). The second-order valence-corrected chi connectivity index (χ2v) is 10.2. The molecule has 1 aromatic heterocycles. The summed E-state index contributed by atoms with van der Waals surface area (Å²) in [5.41, 5.74) is 2.04. The van der Waals surface area contributed by atoms with Crippen LogP contribution in [0.15, 0.2) is 58.6 Å². The van der Waals surface area contributed by atoms with Crippen LogP contribution in [0.1, 0.15) is 26.3 Å². The van der Waals surface area contributed by atoms with Gasteiger partial charge in [-0.2, -0.15) is 4.31 Å². The second-order valence-electron chi connectivity index (χ2n) is 7.32. The molecule has 0 unspecified atom stereocenters. The number of amides is 1. The zero-order chi connectivity index (χ0) is 24.0. The van der Waals surface area contributed by atoms with Gasteiger partial charge in [-0.1, -0.05) is 62.0 Å². The van der Waals surface area contributed by atoms with Crippen molar-refractivity contribution >= 4 is 33.4 Å². The lowest BCUT2D eigenvalue weighted by molar-refractivity contribution is -0.113. The van der Waals surface area contributed by atoms with Crippen LogP contribution >= 0.6 is 11.8 Å². The number of anilines is 1. The largest absolute Gasteiger partial charge is 0.325 e. The second kappa shape index (κ2) is 11.0. The van der Waals surface area contributed by atoms with Crippen molar-refractivity contribution in [1.29, 1.82) is 0 Å². The molecule has 176 valence electrons. The third-order valence-corrected chi connectivity index (χ3v) is 8.35. The number of thioether (sulfide) groups is 1. The summed E-state index contributed by atoms with van der Waals surface area (Å²) in [6, 6.07) is 14.7. The minimum Gasteiger partial charge on any atom is -0.325 e. The number of carbonyl (C=O) groups excluding carboxylic acids is 1. The Balaban J connectivity index is 1.72. The van der Waals surface area contributed by atoms with Gasteiger partial charge in [-0.3, -0.25) is 4.79 Å². The highest BCUT2D eigenvalue weighted by Crippen LogP contribution is 2.26. The first-order valence-corrected chi connectivity index (χ1v) is 13.3. The summed E-state index contributed by atoms with van der Waals surface area (Å²) in [7, 11) is -3.62. The van der Waals surface area contributed by atoms with E-state index in [1.165, 1.54) is 22.1 Å². The number of carbonyl (C=O) groups is 1. The molecule has 0 saturated heterocycles. The molecule has 10 heteroatoms. The van der Waals surface area contributed by atoms with Crippen molar-refractivity contribution in [3.05, 3.63) is 54.1 Å². The van der Waals surface area contributed by atoms with Gasteiger partial charge < -0.3 is 9.88 Å². The van der Waals surface area contributed by atoms with Crippen molar-refractivity contribution in [2.24, 2.45) is 0 Å². The van der Waals surface area contributed by atoms with Crippen molar-refractivity contribution in [3.8, 4) is 11.4 Å². The van der Waals surface area contributed by atoms with Crippen molar-refractivity contribution in [2.75, 3.05) is 24.2 Å². The SMILES string of the molecule is CCN(CC)S(=O)(=O)c1cc(NC(=O)CSc2nnc(-c3ccccc3)n2CC)ccc1C. The van der Waals surface area contributed by atoms with E-state index in [1.807, 2.05) is 41.8 Å². The fourth-order valence-corrected chi connectivity index (χ4v) is 5.98. The van der Waals surface area contributed by atoms with Crippen LogP contribution in [0.3, 0.4) is 0 Å². The molecule has 1 amide bonds. The van der Waals surface area contributed by atoms with Crippen LogP contribution < -0.4 is 5.32 Å². The van der Waals surface area contributed by atoms with E-state index < -0.39 is 10.0 Å². The van der Waals surface area contributed by atoms with Crippen LogP contribution in [-0.2, 0) is 21.4 Å². The summed E-state index contributed by atoms with van der Waals surface area (Å²) in [5.74, 6) is 0.631. The number of hydrogen-bond donors (Lipinski definition) is 1. The lowest BCUT2D eigenvalue weighted by Gasteiger charge is -2.20. The maximum absolute atomic E-state index is 12.9. The molecule has 1 N–H and O–H groups in total. The van der Waals surface area contributed by atoms with Crippen LogP contribution in [-0.4, -0.2) is 52.2 Å². The molecule has 0 fully saturated rings. The molecular weight excluding hydrogens is 458 g/mol. The van der Waals surface area contributed by atoms with E-state index in [0.29, 0.717) is 36.0 Å². The third-order valence-electron chi connectivity index (χ3n) is 5.19. The molecule has 0 saturated carbocycles. The zero-order valence-corrected chi connectivity index (χ0v) is 20.9. The van der Waals surface area contributed by atoms with Crippen molar-refractivity contribution < 1.29 is 13.2 Å². The monoisotopic (exact) mass is 487 g/mol. The van der Waals surface area contributed by atoms with Gasteiger partial charge in [0.15, 0.2) is 11.0 Å². The van der Waals surface area contributed by atoms with Gasteiger partial charge in [-0.15, -0.1) is 10.2 Å². The van der Waals surface area contributed by atoms with E-state index in [1.54, 1.807) is 32.9 Å². The topological polar surface area (TPSA) is 97.2 Å². The molecule has 3 aromatic rings. The molecule has 0 bridgehead atoms. The number of nitrogens with zero attached hydrogens (tertiary/aromatic N) is 4. The molecule has 8 nitrogen and oxygen atoms in total. The highest BCUT2D eigenvalue weighted by Gasteiger charge is 2.24. The standard InChI is InChI=1S/C23H29N5O3S2/c1-5-27(6-2)33(30,31)20-15-19(14-13-17(20)4)24-21(29)16-32-23-26-25-22(28(23)7-3)18-11-9-8-10-12-18/h8-15H,5-7,16H2,1-4H3,(H,24,29). The molecular formula is C23H29N5O3S2. The maximum atomic E-state index is 12.9. The molecule has 2 aromatic carbocycles. The zero-order valence-electron chi connectivity index (χ0n) is 19.3. The van der Waals surface area contributed by atoms with Gasteiger partial charge in [0, 0.05) is 30.9 Å². The minimum absolute atomic E-state index is 0.124. The van der Waals surface area contributed by atoms with Crippen molar-refractivity contribution in [2.45, 2.75) is 44.3 Å². The summed E-state index contributed by atoms with van der Waals surface area (Å²) >= 11 is 1.29. The molecule has 0 spiro atoms. The number of nitrogens with one attached hydrogen (secondary N) is 1. The number of aryl methyl sites for hydroxylation is 1. The van der Waals surface area contributed by atoms with Gasteiger partial charge in [0.05, 0.1) is 10.6 Å². The van der Waals surface area contributed by atoms with Crippen LogP contribution in [0.25, 0.3) is 11.4 Å². The molecule has 0 aliphatic rings. The van der Waals surface area contributed by atoms with E-state index >= 15 is 0 Å². The summed E-state index contributed by atoms with van der Waals surface area (Å²) in [4.78, 5) is 12.8. The molecule has 0 radical (unpaired) electrons. The fraction of sp³-hybridized carbons (Fsp3) is 0.348. The van der Waals surface area contributed by atoms with Gasteiger partial charge in [-0.25, -0.2) is 8.42 Å². The quantitative estimate of drug-likeness (QED) is 0.434. The highest BCUT2D eigenvalue weighted by molar-refractivity contribution is 7.99. The Morgan fingerprint density at radius 3 is 2.39 bits per heavy atom. The minimum atomic E-state index is -3.62. The first-order valence-electron chi connectivity index (χ1n) is 10.8. The van der Waals surface area contributed by atoms with Gasteiger partial charge in [-0.05, 0) is 31.5 Å². The first-order chi connectivity index (χ1) is 15.8. The van der Waals surface area contributed by atoms with Gasteiger partial charge in [0.1, 0.15) is 0 Å². The highest BCUT2D eigenvalue weighted by atomic mass is 32.2. The number of benzene rings is 2. The number of hydrogen-bond acceptors (Lipinski definition) is 6. The first kappa shape index (κ1) is 24.9. The number of sulfonamides is 1. The average Bonchev–Trinajstić information content (AvgIpc) is 3.23. The molecule has 1 heterocycles. The van der Waals surface area contributed by atoms with Gasteiger partial charge in [0.2, 0.25) is 15.9 Å².